The van der Waals surface area contributed by atoms with Crippen molar-refractivity contribution in [2.45, 2.75) is 45.7 Å². The lowest BCUT2D eigenvalue weighted by Gasteiger charge is -2.31. The first kappa shape index (κ1) is 12.5. The van der Waals surface area contributed by atoms with Gasteiger partial charge in [-0.25, -0.2) is 4.63 Å². The highest BCUT2D eigenvalue weighted by atomic mass is 16.6. The summed E-state index contributed by atoms with van der Waals surface area (Å²) >= 11 is 0. The standard InChI is InChI=1S/C12H22N4O/c1-3-16(8-11-9(2)14-17-15-11)12-6-4-5-10(12)7-13/h10,12H,3-8,13H2,1-2H3. The molecule has 5 nitrogen and oxygen atoms in total. The molecular formula is C12H22N4O. The molecule has 1 aliphatic rings. The van der Waals surface area contributed by atoms with Gasteiger partial charge < -0.3 is 5.73 Å². The van der Waals surface area contributed by atoms with E-state index in [2.05, 4.69) is 22.1 Å². The van der Waals surface area contributed by atoms with Gasteiger partial charge in [-0.05, 0) is 38.8 Å². The van der Waals surface area contributed by atoms with Crippen LogP contribution in [0.5, 0.6) is 0 Å². The second-order valence-electron chi connectivity index (χ2n) is 4.85. The van der Waals surface area contributed by atoms with Crippen LogP contribution in [0.4, 0.5) is 0 Å². The topological polar surface area (TPSA) is 68.2 Å². The van der Waals surface area contributed by atoms with Gasteiger partial charge in [0.1, 0.15) is 11.4 Å². The first-order chi connectivity index (χ1) is 8.26. The minimum Gasteiger partial charge on any atom is -0.330 e. The van der Waals surface area contributed by atoms with E-state index in [4.69, 9.17) is 10.4 Å². The lowest BCUT2D eigenvalue weighted by molar-refractivity contribution is 0.157. The number of aromatic nitrogens is 2. The Morgan fingerprint density at radius 1 is 1.41 bits per heavy atom. The van der Waals surface area contributed by atoms with Crippen molar-refractivity contribution in [1.82, 2.24) is 15.2 Å². The van der Waals surface area contributed by atoms with Crippen molar-refractivity contribution in [2.75, 3.05) is 13.1 Å². The van der Waals surface area contributed by atoms with Gasteiger partial charge in [0, 0.05) is 12.6 Å². The van der Waals surface area contributed by atoms with Gasteiger partial charge in [-0.2, -0.15) is 0 Å². The average Bonchev–Trinajstić information content (AvgIpc) is 2.95. The maximum Gasteiger partial charge on any atom is 0.122 e. The molecule has 17 heavy (non-hydrogen) atoms. The van der Waals surface area contributed by atoms with E-state index in [-0.39, 0.29) is 0 Å². The van der Waals surface area contributed by atoms with Crippen LogP contribution in [0.2, 0.25) is 0 Å². The van der Waals surface area contributed by atoms with E-state index in [1.807, 2.05) is 6.92 Å². The van der Waals surface area contributed by atoms with Crippen LogP contribution in [-0.4, -0.2) is 34.3 Å². The van der Waals surface area contributed by atoms with Gasteiger partial charge in [0.25, 0.3) is 0 Å². The van der Waals surface area contributed by atoms with Crippen LogP contribution in [0.3, 0.4) is 0 Å². The van der Waals surface area contributed by atoms with Gasteiger partial charge in [0.05, 0.1) is 0 Å². The lowest BCUT2D eigenvalue weighted by atomic mass is 10.0. The largest absolute Gasteiger partial charge is 0.330 e. The normalized spacial score (nSPS) is 24.7. The molecule has 2 atom stereocenters. The van der Waals surface area contributed by atoms with E-state index in [1.165, 1.54) is 19.3 Å². The molecule has 0 saturated heterocycles. The van der Waals surface area contributed by atoms with Crippen LogP contribution in [0.1, 0.15) is 37.6 Å². The van der Waals surface area contributed by atoms with Gasteiger partial charge >= 0.3 is 0 Å². The summed E-state index contributed by atoms with van der Waals surface area (Å²) in [5, 5.41) is 7.80. The monoisotopic (exact) mass is 238 g/mol. The summed E-state index contributed by atoms with van der Waals surface area (Å²) in [4.78, 5) is 2.46. The Morgan fingerprint density at radius 3 is 2.82 bits per heavy atom. The van der Waals surface area contributed by atoms with Crippen LogP contribution in [0, 0.1) is 12.8 Å². The predicted octanol–water partition coefficient (Wildman–Crippen LogP) is 1.33. The van der Waals surface area contributed by atoms with E-state index < -0.39 is 0 Å². The second-order valence-corrected chi connectivity index (χ2v) is 4.85. The van der Waals surface area contributed by atoms with E-state index >= 15 is 0 Å². The van der Waals surface area contributed by atoms with E-state index in [0.29, 0.717) is 12.0 Å². The Hall–Kier alpha value is -0.940. The van der Waals surface area contributed by atoms with Crippen molar-refractivity contribution in [3.8, 4) is 0 Å². The first-order valence-electron chi connectivity index (χ1n) is 6.48. The summed E-state index contributed by atoms with van der Waals surface area (Å²) in [6, 6.07) is 0.598. The number of aryl methyl sites for hydroxylation is 1. The van der Waals surface area contributed by atoms with Gasteiger partial charge in [0.2, 0.25) is 0 Å². The maximum atomic E-state index is 5.85. The molecule has 0 spiro atoms. The Kier molecular flexibility index (Phi) is 4.12. The Labute approximate surface area is 102 Å². The number of nitrogens with two attached hydrogens (primary N) is 1. The van der Waals surface area contributed by atoms with E-state index in [0.717, 1.165) is 31.0 Å². The highest BCUT2D eigenvalue weighted by Gasteiger charge is 2.31. The van der Waals surface area contributed by atoms with Gasteiger partial charge in [-0.1, -0.05) is 23.7 Å². The SMILES string of the molecule is CCN(Cc1nonc1C)C1CCCC1CN. The summed E-state index contributed by atoms with van der Waals surface area (Å²) in [6.07, 6.45) is 3.80. The molecule has 2 rings (SSSR count). The minimum atomic E-state index is 0.598. The molecule has 5 heteroatoms. The number of nitrogens with zero attached hydrogens (tertiary/aromatic N) is 3. The Morgan fingerprint density at radius 2 is 2.24 bits per heavy atom. The van der Waals surface area contributed by atoms with Gasteiger partial charge in [-0.3, -0.25) is 4.90 Å². The highest BCUT2D eigenvalue weighted by molar-refractivity contribution is 5.05. The smallest absolute Gasteiger partial charge is 0.122 e. The molecule has 1 heterocycles. The van der Waals surface area contributed by atoms with Crippen molar-refractivity contribution >= 4 is 0 Å². The summed E-state index contributed by atoms with van der Waals surface area (Å²) in [5.74, 6) is 0.634. The number of hydrogen-bond donors (Lipinski definition) is 1. The van der Waals surface area contributed by atoms with Crippen LogP contribution in [-0.2, 0) is 6.54 Å². The first-order valence-corrected chi connectivity index (χ1v) is 6.48. The maximum absolute atomic E-state index is 5.85. The summed E-state index contributed by atoms with van der Waals surface area (Å²) in [5.41, 5.74) is 7.69. The van der Waals surface area contributed by atoms with Crippen LogP contribution in [0.15, 0.2) is 4.63 Å². The van der Waals surface area contributed by atoms with Crippen LogP contribution < -0.4 is 5.73 Å². The molecule has 1 aromatic rings. The molecule has 2 unspecified atom stereocenters. The minimum absolute atomic E-state index is 0.598. The molecule has 1 saturated carbocycles. The second kappa shape index (κ2) is 5.60. The molecule has 0 radical (unpaired) electrons. The van der Waals surface area contributed by atoms with Crippen LogP contribution in [0.25, 0.3) is 0 Å². The molecule has 1 aromatic heterocycles. The third kappa shape index (κ3) is 2.66. The van der Waals surface area contributed by atoms with E-state index in [9.17, 15) is 0 Å². The molecule has 0 aliphatic heterocycles. The van der Waals surface area contributed by atoms with Crippen molar-refractivity contribution in [1.29, 1.82) is 0 Å². The highest BCUT2D eigenvalue weighted by Crippen LogP contribution is 2.30. The molecular weight excluding hydrogens is 216 g/mol. The van der Waals surface area contributed by atoms with Crippen molar-refractivity contribution in [2.24, 2.45) is 11.7 Å². The molecule has 1 fully saturated rings. The van der Waals surface area contributed by atoms with E-state index in [1.54, 1.807) is 0 Å². The zero-order chi connectivity index (χ0) is 12.3. The quantitative estimate of drug-likeness (QED) is 0.838. The molecule has 0 bridgehead atoms. The summed E-state index contributed by atoms with van der Waals surface area (Å²) in [6.45, 7) is 6.77. The Bertz CT molecular complexity index is 352. The molecule has 0 amide bonds. The fraction of sp³-hybridized carbons (Fsp3) is 0.833. The molecule has 96 valence electrons. The third-order valence-corrected chi connectivity index (χ3v) is 3.90. The summed E-state index contributed by atoms with van der Waals surface area (Å²) in [7, 11) is 0. The van der Waals surface area contributed by atoms with Gasteiger partial charge in [-0.15, -0.1) is 0 Å². The number of hydrogen-bond acceptors (Lipinski definition) is 5. The zero-order valence-corrected chi connectivity index (χ0v) is 10.7. The van der Waals surface area contributed by atoms with Crippen LogP contribution >= 0.6 is 0 Å². The number of rotatable bonds is 5. The fourth-order valence-electron chi connectivity index (χ4n) is 2.82. The van der Waals surface area contributed by atoms with Gasteiger partial charge in [0.15, 0.2) is 0 Å². The lowest BCUT2D eigenvalue weighted by Crippen LogP contribution is -2.40. The van der Waals surface area contributed by atoms with Crippen molar-refractivity contribution in [3.05, 3.63) is 11.4 Å². The summed E-state index contributed by atoms with van der Waals surface area (Å²) < 4.78 is 4.76. The zero-order valence-electron chi connectivity index (χ0n) is 10.7. The third-order valence-electron chi connectivity index (χ3n) is 3.90. The van der Waals surface area contributed by atoms with Crippen molar-refractivity contribution < 1.29 is 4.63 Å². The Balaban J connectivity index is 2.03. The average molecular weight is 238 g/mol. The fourth-order valence-corrected chi connectivity index (χ4v) is 2.82. The molecule has 1 aliphatic carbocycles. The molecule has 0 aromatic carbocycles. The van der Waals surface area contributed by atoms with Crippen molar-refractivity contribution in [3.63, 3.8) is 0 Å². The molecule has 2 N–H and O–H groups in total. The predicted molar refractivity (Wildman–Crippen MR) is 65.3 cm³/mol.